The lowest BCUT2D eigenvalue weighted by molar-refractivity contribution is -0.137. The molecule has 21 heavy (non-hydrogen) atoms. The Morgan fingerprint density at radius 2 is 1.86 bits per heavy atom. The van der Waals surface area contributed by atoms with E-state index in [0.29, 0.717) is 18.7 Å². The molecule has 0 radical (unpaired) electrons. The highest BCUT2D eigenvalue weighted by molar-refractivity contribution is 14.1. The van der Waals surface area contributed by atoms with Crippen molar-refractivity contribution in [2.75, 3.05) is 17.2 Å². The van der Waals surface area contributed by atoms with Crippen LogP contribution in [0.3, 0.4) is 0 Å². The molecule has 0 saturated heterocycles. The van der Waals surface area contributed by atoms with Crippen LogP contribution in [0, 0.1) is 10.7 Å². The standard InChI is InChI=1S/C13H15I3N2O3/c1-2-18(9(19)4-3-5-10(20)21)13-8(15)6-7(14)12(17)11(13)16/h6H,2-5,17H2,1H3,(H,20,21). The van der Waals surface area contributed by atoms with Gasteiger partial charge in [0, 0.05) is 26.5 Å². The molecule has 0 atom stereocenters. The van der Waals surface area contributed by atoms with Crippen molar-refractivity contribution in [2.24, 2.45) is 0 Å². The molecule has 8 heteroatoms. The SMILES string of the molecule is CCN(C(=O)CCCC(=O)O)c1c(I)cc(I)c(N)c1I. The van der Waals surface area contributed by atoms with Crippen molar-refractivity contribution in [3.05, 3.63) is 16.8 Å². The van der Waals surface area contributed by atoms with Gasteiger partial charge in [-0.05, 0) is 87.2 Å². The molecule has 5 nitrogen and oxygen atoms in total. The third kappa shape index (κ3) is 5.08. The van der Waals surface area contributed by atoms with Gasteiger partial charge in [-0.2, -0.15) is 0 Å². The summed E-state index contributed by atoms with van der Waals surface area (Å²) in [7, 11) is 0. The lowest BCUT2D eigenvalue weighted by atomic mass is 10.2. The number of benzene rings is 1. The van der Waals surface area contributed by atoms with Crippen molar-refractivity contribution in [1.29, 1.82) is 0 Å². The molecule has 0 aliphatic heterocycles. The maximum absolute atomic E-state index is 12.3. The maximum Gasteiger partial charge on any atom is 0.303 e. The molecule has 1 aromatic carbocycles. The minimum absolute atomic E-state index is 0.00626. The minimum atomic E-state index is -0.881. The zero-order valence-corrected chi connectivity index (χ0v) is 17.8. The number of nitrogens with zero attached hydrogens (tertiary/aromatic N) is 1. The minimum Gasteiger partial charge on any atom is -0.481 e. The van der Waals surface area contributed by atoms with E-state index in [1.807, 2.05) is 13.0 Å². The van der Waals surface area contributed by atoms with E-state index in [1.165, 1.54) is 0 Å². The predicted octanol–water partition coefficient (Wildman–Crippen LogP) is 3.69. The first-order chi connectivity index (χ1) is 9.79. The molecular formula is C13H15I3N2O3. The van der Waals surface area contributed by atoms with Gasteiger partial charge in [0.15, 0.2) is 0 Å². The molecule has 3 N–H and O–H groups in total. The second-order valence-electron chi connectivity index (χ2n) is 4.30. The fourth-order valence-corrected chi connectivity index (χ4v) is 5.78. The van der Waals surface area contributed by atoms with Gasteiger partial charge in [-0.1, -0.05) is 0 Å². The number of carbonyl (C=O) groups excluding carboxylic acids is 1. The van der Waals surface area contributed by atoms with Crippen molar-refractivity contribution in [3.63, 3.8) is 0 Å². The number of carboxylic acid groups (broad SMARTS) is 1. The van der Waals surface area contributed by atoms with Crippen LogP contribution in [0.15, 0.2) is 6.07 Å². The average molecular weight is 628 g/mol. The van der Waals surface area contributed by atoms with Crippen LogP contribution in [0.25, 0.3) is 0 Å². The lowest BCUT2D eigenvalue weighted by Gasteiger charge is -2.25. The maximum atomic E-state index is 12.3. The number of nitrogens with two attached hydrogens (primary N) is 1. The first kappa shape index (κ1) is 19.2. The van der Waals surface area contributed by atoms with E-state index in [2.05, 4.69) is 67.8 Å². The molecule has 0 heterocycles. The van der Waals surface area contributed by atoms with Gasteiger partial charge < -0.3 is 15.7 Å². The molecule has 1 aromatic rings. The fourth-order valence-electron chi connectivity index (χ4n) is 1.83. The van der Waals surface area contributed by atoms with E-state index in [0.717, 1.165) is 16.4 Å². The number of carboxylic acids is 1. The summed E-state index contributed by atoms with van der Waals surface area (Å²) in [6, 6.07) is 1.95. The number of anilines is 2. The smallest absolute Gasteiger partial charge is 0.303 e. The molecule has 0 aliphatic rings. The molecule has 0 aromatic heterocycles. The van der Waals surface area contributed by atoms with Crippen LogP contribution < -0.4 is 10.6 Å². The molecule has 0 aliphatic carbocycles. The number of hydrogen-bond acceptors (Lipinski definition) is 3. The van der Waals surface area contributed by atoms with Crippen molar-refractivity contribution < 1.29 is 14.7 Å². The molecule has 0 unspecified atom stereocenters. The van der Waals surface area contributed by atoms with Crippen LogP contribution in [-0.2, 0) is 9.59 Å². The fraction of sp³-hybridized carbons (Fsp3) is 0.385. The van der Waals surface area contributed by atoms with Gasteiger partial charge in [0.25, 0.3) is 0 Å². The molecule has 1 rings (SSSR count). The van der Waals surface area contributed by atoms with Gasteiger partial charge in [0.1, 0.15) is 0 Å². The van der Waals surface area contributed by atoms with Crippen molar-refractivity contribution >= 4 is 91.0 Å². The van der Waals surface area contributed by atoms with Crippen molar-refractivity contribution in [2.45, 2.75) is 26.2 Å². The first-order valence-electron chi connectivity index (χ1n) is 6.24. The topological polar surface area (TPSA) is 83.6 Å². The van der Waals surface area contributed by atoms with Gasteiger partial charge in [-0.15, -0.1) is 0 Å². The Hall–Kier alpha value is 0.150. The molecule has 0 bridgehead atoms. The van der Waals surface area contributed by atoms with Gasteiger partial charge in [0.2, 0.25) is 5.91 Å². The molecule has 1 amide bonds. The summed E-state index contributed by atoms with van der Waals surface area (Å²) in [6.45, 7) is 2.42. The second-order valence-corrected chi connectivity index (χ2v) is 7.70. The number of nitrogen functional groups attached to an aromatic ring is 1. The summed E-state index contributed by atoms with van der Waals surface area (Å²) in [5.41, 5.74) is 7.54. The summed E-state index contributed by atoms with van der Waals surface area (Å²) >= 11 is 6.52. The van der Waals surface area contributed by atoms with Crippen LogP contribution in [0.1, 0.15) is 26.2 Å². The third-order valence-corrected chi connectivity index (χ3v) is 5.66. The third-order valence-electron chi connectivity index (χ3n) is 2.85. The van der Waals surface area contributed by atoms with Gasteiger partial charge in [0.05, 0.1) is 14.9 Å². The van der Waals surface area contributed by atoms with Crippen molar-refractivity contribution in [1.82, 2.24) is 0 Å². The number of rotatable bonds is 6. The number of carbonyl (C=O) groups is 2. The summed E-state index contributed by atoms with van der Waals surface area (Å²) in [6.07, 6.45) is 0.572. The van der Waals surface area contributed by atoms with Crippen LogP contribution in [0.5, 0.6) is 0 Å². The largest absolute Gasteiger partial charge is 0.481 e. The molecule has 0 fully saturated rings. The quantitative estimate of drug-likeness (QED) is 0.373. The molecule has 116 valence electrons. The van der Waals surface area contributed by atoms with E-state index in [1.54, 1.807) is 4.90 Å². The first-order valence-corrected chi connectivity index (χ1v) is 9.48. The van der Waals surface area contributed by atoms with Gasteiger partial charge in [-0.25, -0.2) is 0 Å². The van der Waals surface area contributed by atoms with Crippen LogP contribution in [0.2, 0.25) is 0 Å². The number of halogens is 3. The normalized spacial score (nSPS) is 10.5. The summed E-state index contributed by atoms with van der Waals surface area (Å²) in [5, 5.41) is 8.65. The highest BCUT2D eigenvalue weighted by Crippen LogP contribution is 2.36. The Labute approximate surface area is 164 Å². The molecule has 0 saturated carbocycles. The summed E-state index contributed by atoms with van der Waals surface area (Å²) in [4.78, 5) is 24.6. The van der Waals surface area contributed by atoms with Crippen LogP contribution in [-0.4, -0.2) is 23.5 Å². The number of aliphatic carboxylic acids is 1. The monoisotopic (exact) mass is 628 g/mol. The second kappa shape index (κ2) is 8.70. The Kier molecular flexibility index (Phi) is 7.95. The lowest BCUT2D eigenvalue weighted by Crippen LogP contribution is -2.32. The average Bonchev–Trinajstić information content (AvgIpc) is 2.40. The Morgan fingerprint density at radius 3 is 2.38 bits per heavy atom. The predicted molar refractivity (Wildman–Crippen MR) is 109 cm³/mol. The van der Waals surface area contributed by atoms with Gasteiger partial charge >= 0.3 is 5.97 Å². The van der Waals surface area contributed by atoms with E-state index in [9.17, 15) is 9.59 Å². The summed E-state index contributed by atoms with van der Waals surface area (Å²) in [5.74, 6) is -0.955. The Morgan fingerprint density at radius 1 is 1.24 bits per heavy atom. The van der Waals surface area contributed by atoms with Gasteiger partial charge in [-0.3, -0.25) is 9.59 Å². The number of amides is 1. The molecule has 0 spiro atoms. The molecular weight excluding hydrogens is 613 g/mol. The van der Waals surface area contributed by atoms with Crippen molar-refractivity contribution in [3.8, 4) is 0 Å². The zero-order valence-electron chi connectivity index (χ0n) is 11.3. The number of hydrogen-bond donors (Lipinski definition) is 2. The zero-order chi connectivity index (χ0) is 16.2. The van der Waals surface area contributed by atoms with Crippen LogP contribution in [0.4, 0.5) is 11.4 Å². The Balaban J connectivity index is 3.02. The van der Waals surface area contributed by atoms with E-state index < -0.39 is 5.97 Å². The van der Waals surface area contributed by atoms with Crippen LogP contribution >= 0.6 is 67.8 Å². The van der Waals surface area contributed by atoms with E-state index in [4.69, 9.17) is 10.8 Å². The highest BCUT2D eigenvalue weighted by atomic mass is 127. The highest BCUT2D eigenvalue weighted by Gasteiger charge is 2.21. The van der Waals surface area contributed by atoms with E-state index >= 15 is 0 Å². The van der Waals surface area contributed by atoms with E-state index in [-0.39, 0.29) is 18.7 Å². The Bertz CT molecular complexity index is 564. The summed E-state index contributed by atoms with van der Waals surface area (Å²) < 4.78 is 2.78.